The minimum absolute atomic E-state index is 0.0983. The average Bonchev–Trinajstić information content (AvgIpc) is 3.34. The second-order valence-corrected chi connectivity index (χ2v) is 9.09. The van der Waals surface area contributed by atoms with Crippen molar-refractivity contribution in [2.24, 2.45) is 11.1 Å². The fourth-order valence-corrected chi connectivity index (χ4v) is 5.20. The van der Waals surface area contributed by atoms with Gasteiger partial charge in [-0.15, -0.1) is 0 Å². The lowest BCUT2D eigenvalue weighted by Crippen LogP contribution is -2.40. The van der Waals surface area contributed by atoms with Gasteiger partial charge >= 0.3 is 0 Å². The van der Waals surface area contributed by atoms with Crippen LogP contribution in [0.5, 0.6) is 0 Å². The van der Waals surface area contributed by atoms with Crippen LogP contribution in [-0.4, -0.2) is 11.9 Å². The summed E-state index contributed by atoms with van der Waals surface area (Å²) < 4.78 is 27.9. The van der Waals surface area contributed by atoms with Crippen LogP contribution >= 0.6 is 11.9 Å². The van der Waals surface area contributed by atoms with Crippen molar-refractivity contribution in [3.63, 3.8) is 0 Å². The Labute approximate surface area is 184 Å². The van der Waals surface area contributed by atoms with Crippen molar-refractivity contribution in [1.82, 2.24) is 0 Å². The Morgan fingerprint density at radius 1 is 0.968 bits per heavy atom. The highest BCUT2D eigenvalue weighted by molar-refractivity contribution is 7.97. The molecule has 2 aliphatic rings. The molecule has 0 spiro atoms. The van der Waals surface area contributed by atoms with E-state index in [0.717, 1.165) is 45.8 Å². The van der Waals surface area contributed by atoms with E-state index in [1.165, 1.54) is 18.0 Å². The molecule has 6 heteroatoms. The molecule has 31 heavy (non-hydrogen) atoms. The summed E-state index contributed by atoms with van der Waals surface area (Å²) in [6, 6.07) is 15.2. The number of hydrogen-bond acceptors (Lipinski definition) is 3. The maximum absolute atomic E-state index is 14.2. The van der Waals surface area contributed by atoms with Crippen LogP contribution in [0.4, 0.5) is 14.5 Å². The van der Waals surface area contributed by atoms with Gasteiger partial charge < -0.3 is 4.90 Å². The zero-order valence-electron chi connectivity index (χ0n) is 17.1. The molecule has 0 aromatic heterocycles. The molecule has 158 valence electrons. The number of anilines is 1. The molecule has 5 rings (SSSR count). The normalized spacial score (nSPS) is 19.4. The van der Waals surface area contributed by atoms with Gasteiger partial charge in [-0.3, -0.25) is 9.93 Å². The lowest BCUT2D eigenvalue weighted by molar-refractivity contribution is -0.122. The zero-order chi connectivity index (χ0) is 21.7. The molecule has 2 atom stereocenters. The quantitative estimate of drug-likeness (QED) is 0.568. The second kappa shape index (κ2) is 7.77. The van der Waals surface area contributed by atoms with E-state index in [1.807, 2.05) is 35.2 Å². The summed E-state index contributed by atoms with van der Waals surface area (Å²) in [6.45, 7) is 2.07. The lowest BCUT2D eigenvalue weighted by Gasteiger charge is -2.26. The Hall–Kier alpha value is -2.70. The fourth-order valence-electron chi connectivity index (χ4n) is 4.87. The van der Waals surface area contributed by atoms with Crippen LogP contribution in [0.2, 0.25) is 0 Å². The third-order valence-electron chi connectivity index (χ3n) is 6.37. The van der Waals surface area contributed by atoms with Crippen molar-refractivity contribution in [2.45, 2.75) is 37.1 Å². The SMILES string of the molecule is CC1Cc2ccc(SN)cc2N1C(=O)[C@@H]1Cc2ccc(-c3cc(F)ccc3F)cc2C1. The number of nitrogens with zero attached hydrogens (tertiary/aromatic N) is 1. The van der Waals surface area contributed by atoms with Gasteiger partial charge in [0.25, 0.3) is 0 Å². The molecular formula is C25H22F2N2OS. The molecule has 0 saturated heterocycles. The van der Waals surface area contributed by atoms with E-state index in [9.17, 15) is 13.6 Å². The Morgan fingerprint density at radius 3 is 2.55 bits per heavy atom. The first-order valence-corrected chi connectivity index (χ1v) is 11.2. The number of amides is 1. The highest BCUT2D eigenvalue weighted by atomic mass is 32.2. The van der Waals surface area contributed by atoms with E-state index in [-0.39, 0.29) is 23.4 Å². The topological polar surface area (TPSA) is 46.3 Å². The number of fused-ring (bicyclic) bond motifs is 2. The number of hydrogen-bond donors (Lipinski definition) is 1. The van der Waals surface area contributed by atoms with Gasteiger partial charge in [0.05, 0.1) is 0 Å². The highest BCUT2D eigenvalue weighted by Gasteiger charge is 2.37. The summed E-state index contributed by atoms with van der Waals surface area (Å²) in [5.74, 6) is -0.977. The van der Waals surface area contributed by atoms with Gasteiger partial charge in [0.15, 0.2) is 0 Å². The number of rotatable bonds is 3. The Bertz CT molecular complexity index is 1200. The summed E-state index contributed by atoms with van der Waals surface area (Å²) in [5.41, 5.74) is 5.11. The summed E-state index contributed by atoms with van der Waals surface area (Å²) in [7, 11) is 0. The van der Waals surface area contributed by atoms with Crippen LogP contribution in [0.25, 0.3) is 11.1 Å². The largest absolute Gasteiger partial charge is 0.309 e. The molecule has 1 unspecified atom stereocenters. The minimum atomic E-state index is -0.471. The van der Waals surface area contributed by atoms with Crippen molar-refractivity contribution in [3.8, 4) is 11.1 Å². The molecule has 0 bridgehead atoms. The first-order chi connectivity index (χ1) is 14.9. The van der Waals surface area contributed by atoms with E-state index >= 15 is 0 Å². The molecular weight excluding hydrogens is 414 g/mol. The molecule has 3 aromatic rings. The first-order valence-electron chi connectivity index (χ1n) is 10.3. The highest BCUT2D eigenvalue weighted by Crippen LogP contribution is 2.39. The summed E-state index contributed by atoms with van der Waals surface area (Å²) in [6.07, 6.45) is 2.09. The molecule has 0 saturated carbocycles. The van der Waals surface area contributed by atoms with Gasteiger partial charge in [-0.05, 0) is 90.7 Å². The van der Waals surface area contributed by atoms with Crippen molar-refractivity contribution < 1.29 is 13.6 Å². The molecule has 3 nitrogen and oxygen atoms in total. The van der Waals surface area contributed by atoms with Gasteiger partial charge in [-0.1, -0.05) is 24.3 Å². The number of halogens is 2. The third-order valence-corrected chi connectivity index (χ3v) is 6.90. The molecule has 0 fully saturated rings. The van der Waals surface area contributed by atoms with Crippen molar-refractivity contribution in [1.29, 1.82) is 0 Å². The monoisotopic (exact) mass is 436 g/mol. The summed E-state index contributed by atoms with van der Waals surface area (Å²) in [5, 5.41) is 5.72. The number of carbonyl (C=O) groups is 1. The van der Waals surface area contributed by atoms with Crippen molar-refractivity contribution in [2.75, 3.05) is 4.90 Å². The number of carbonyl (C=O) groups excluding carboxylic acids is 1. The zero-order valence-corrected chi connectivity index (χ0v) is 17.9. The van der Waals surface area contributed by atoms with Crippen molar-refractivity contribution >= 4 is 23.5 Å². The Balaban J connectivity index is 1.42. The molecule has 1 heterocycles. The molecule has 0 radical (unpaired) electrons. The average molecular weight is 437 g/mol. The van der Waals surface area contributed by atoms with Crippen molar-refractivity contribution in [3.05, 3.63) is 82.9 Å². The fraction of sp³-hybridized carbons (Fsp3) is 0.240. The molecule has 1 aliphatic heterocycles. The van der Waals surface area contributed by atoms with Crippen LogP contribution in [0.1, 0.15) is 23.6 Å². The van der Waals surface area contributed by atoms with Crippen LogP contribution in [0.3, 0.4) is 0 Å². The van der Waals surface area contributed by atoms with Crippen LogP contribution < -0.4 is 10.0 Å². The minimum Gasteiger partial charge on any atom is -0.309 e. The number of benzene rings is 3. The Kier molecular flexibility index (Phi) is 5.07. The maximum atomic E-state index is 14.2. The van der Waals surface area contributed by atoms with Crippen LogP contribution in [-0.2, 0) is 24.1 Å². The van der Waals surface area contributed by atoms with Crippen LogP contribution in [0, 0.1) is 17.6 Å². The van der Waals surface area contributed by atoms with Gasteiger partial charge in [0.2, 0.25) is 5.91 Å². The van der Waals surface area contributed by atoms with E-state index in [2.05, 4.69) is 13.0 Å². The standard InChI is InChI=1S/C25H22F2N2OS/c1-14-8-17-4-6-21(31-28)13-24(17)29(14)25(30)19-9-15-2-3-16(10-18(15)11-19)22-12-20(26)5-7-23(22)27/h2-7,10,12-14,19H,8-9,11,28H2,1H3/t14?,19-/m1/s1. The van der Waals surface area contributed by atoms with Gasteiger partial charge in [-0.25, -0.2) is 8.78 Å². The maximum Gasteiger partial charge on any atom is 0.231 e. The molecule has 3 aromatic carbocycles. The predicted octanol–water partition coefficient (Wildman–Crippen LogP) is 5.29. The van der Waals surface area contributed by atoms with Gasteiger partial charge in [0.1, 0.15) is 11.6 Å². The lowest BCUT2D eigenvalue weighted by atomic mass is 10.00. The summed E-state index contributed by atoms with van der Waals surface area (Å²) >= 11 is 1.18. The van der Waals surface area contributed by atoms with Crippen LogP contribution in [0.15, 0.2) is 59.5 Å². The Morgan fingerprint density at radius 2 is 1.74 bits per heavy atom. The second-order valence-electron chi connectivity index (χ2n) is 8.38. The van der Waals surface area contributed by atoms with Gasteiger partial charge in [-0.2, -0.15) is 0 Å². The van der Waals surface area contributed by atoms with E-state index in [1.54, 1.807) is 0 Å². The van der Waals surface area contributed by atoms with E-state index in [0.29, 0.717) is 18.4 Å². The molecule has 1 aliphatic carbocycles. The van der Waals surface area contributed by atoms with E-state index < -0.39 is 11.6 Å². The van der Waals surface area contributed by atoms with Gasteiger partial charge in [0, 0.05) is 28.1 Å². The molecule has 1 amide bonds. The third kappa shape index (κ3) is 3.54. The first kappa shape index (κ1) is 20.2. The smallest absolute Gasteiger partial charge is 0.231 e. The number of nitrogens with two attached hydrogens (primary N) is 1. The van der Waals surface area contributed by atoms with E-state index in [4.69, 9.17) is 5.14 Å². The summed E-state index contributed by atoms with van der Waals surface area (Å²) in [4.78, 5) is 16.4. The molecule has 2 N–H and O–H groups in total. The predicted molar refractivity (Wildman–Crippen MR) is 120 cm³/mol.